The molecule has 0 spiro atoms. The Balaban J connectivity index is 0. The monoisotopic (exact) mass is 480 g/mol. The van der Waals surface area contributed by atoms with Gasteiger partial charge < -0.3 is 19.4 Å². The van der Waals surface area contributed by atoms with Gasteiger partial charge in [0.1, 0.15) is 0 Å². The molecule has 0 amide bonds. The second kappa shape index (κ2) is 29.1. The summed E-state index contributed by atoms with van der Waals surface area (Å²) >= 11 is 0. The summed E-state index contributed by atoms with van der Waals surface area (Å²) in [7, 11) is -4.64. The number of unbranched alkanes of at least 4 members (excludes halogenated alkanes) is 20. The van der Waals surface area contributed by atoms with Gasteiger partial charge in [-0.05, 0) is 12.8 Å². The standard InChI is InChI=1S/C26H54O.H3O4P/c1-3-5-7-9-11-13-15-17-19-21-23-25-27-26-24-22-20-18-16-14-12-10-8-6-4-2;1-5(2,3)4/h3-26H2,1-2H3;(H3,1,2,3,4). The van der Waals surface area contributed by atoms with Crippen molar-refractivity contribution in [2.24, 2.45) is 0 Å². The van der Waals surface area contributed by atoms with Gasteiger partial charge in [-0.1, -0.05) is 142 Å². The fraction of sp³-hybridized carbons (Fsp3) is 1.00. The summed E-state index contributed by atoms with van der Waals surface area (Å²) in [5, 5.41) is 0. The van der Waals surface area contributed by atoms with Gasteiger partial charge in [-0.15, -0.1) is 0 Å². The van der Waals surface area contributed by atoms with Crippen molar-refractivity contribution in [3.8, 4) is 0 Å². The van der Waals surface area contributed by atoms with Gasteiger partial charge in [-0.25, -0.2) is 4.57 Å². The van der Waals surface area contributed by atoms with Gasteiger partial charge in [0.05, 0.1) is 0 Å². The molecule has 0 aliphatic heterocycles. The number of ether oxygens (including phenoxy) is 1. The maximum atomic E-state index is 8.88. The molecule has 0 rings (SSSR count). The molecular formula is C26H57O5P. The van der Waals surface area contributed by atoms with Crippen LogP contribution in [0.25, 0.3) is 0 Å². The fourth-order valence-electron chi connectivity index (χ4n) is 3.84. The summed E-state index contributed by atoms with van der Waals surface area (Å²) in [5.41, 5.74) is 0. The minimum absolute atomic E-state index is 0.995. The smallest absolute Gasteiger partial charge is 0.381 e. The number of hydrogen-bond acceptors (Lipinski definition) is 2. The molecule has 0 atom stereocenters. The lowest BCUT2D eigenvalue weighted by Crippen LogP contribution is -1.97. The first-order valence-electron chi connectivity index (χ1n) is 13.8. The highest BCUT2D eigenvalue weighted by Crippen LogP contribution is 2.25. The van der Waals surface area contributed by atoms with Crippen molar-refractivity contribution in [1.82, 2.24) is 0 Å². The summed E-state index contributed by atoms with van der Waals surface area (Å²) in [6, 6.07) is 0. The molecule has 196 valence electrons. The van der Waals surface area contributed by atoms with E-state index in [2.05, 4.69) is 13.8 Å². The minimum atomic E-state index is -4.64. The fourth-order valence-corrected chi connectivity index (χ4v) is 3.84. The van der Waals surface area contributed by atoms with Crippen molar-refractivity contribution in [2.75, 3.05) is 13.2 Å². The first-order chi connectivity index (χ1) is 15.4. The summed E-state index contributed by atoms with van der Waals surface area (Å²) in [4.78, 5) is 21.6. The lowest BCUT2D eigenvalue weighted by atomic mass is 10.1. The molecule has 0 aromatic heterocycles. The molecule has 0 saturated carbocycles. The molecular weight excluding hydrogens is 423 g/mol. The Hall–Kier alpha value is 0.0700. The molecule has 0 radical (unpaired) electrons. The zero-order valence-corrected chi connectivity index (χ0v) is 22.5. The normalized spacial score (nSPS) is 11.4. The average Bonchev–Trinajstić information content (AvgIpc) is 2.73. The highest BCUT2D eigenvalue weighted by Gasteiger charge is 2.00. The molecule has 0 heterocycles. The van der Waals surface area contributed by atoms with Gasteiger partial charge in [-0.2, -0.15) is 0 Å². The van der Waals surface area contributed by atoms with Crippen LogP contribution in [0, 0.1) is 0 Å². The van der Waals surface area contributed by atoms with Crippen molar-refractivity contribution >= 4 is 7.82 Å². The molecule has 0 aromatic carbocycles. The summed E-state index contributed by atoms with van der Waals surface area (Å²) < 4.78 is 14.7. The predicted molar refractivity (Wildman–Crippen MR) is 138 cm³/mol. The molecule has 32 heavy (non-hydrogen) atoms. The first kappa shape index (κ1) is 34.2. The first-order valence-corrected chi connectivity index (χ1v) is 15.3. The van der Waals surface area contributed by atoms with E-state index in [4.69, 9.17) is 24.0 Å². The van der Waals surface area contributed by atoms with Crippen molar-refractivity contribution < 1.29 is 24.0 Å². The molecule has 5 nitrogen and oxygen atoms in total. The number of phosphoric acid groups is 1. The third-order valence-electron chi connectivity index (χ3n) is 5.78. The molecule has 0 saturated heterocycles. The van der Waals surface area contributed by atoms with Gasteiger partial charge in [-0.3, -0.25) is 0 Å². The van der Waals surface area contributed by atoms with Crippen LogP contribution in [0.5, 0.6) is 0 Å². The van der Waals surface area contributed by atoms with Crippen LogP contribution < -0.4 is 0 Å². The molecule has 0 aliphatic carbocycles. The van der Waals surface area contributed by atoms with Crippen LogP contribution >= 0.6 is 7.82 Å². The Morgan fingerprint density at radius 2 is 0.625 bits per heavy atom. The van der Waals surface area contributed by atoms with Gasteiger partial charge in [0.25, 0.3) is 0 Å². The van der Waals surface area contributed by atoms with Crippen LogP contribution in [-0.4, -0.2) is 27.9 Å². The molecule has 3 N–H and O–H groups in total. The van der Waals surface area contributed by atoms with Crippen LogP contribution in [0.15, 0.2) is 0 Å². The van der Waals surface area contributed by atoms with Crippen LogP contribution in [0.4, 0.5) is 0 Å². The van der Waals surface area contributed by atoms with Crippen LogP contribution in [0.3, 0.4) is 0 Å². The van der Waals surface area contributed by atoms with Gasteiger partial charge in [0.15, 0.2) is 0 Å². The van der Waals surface area contributed by atoms with Gasteiger partial charge in [0.2, 0.25) is 0 Å². The molecule has 6 heteroatoms. The van der Waals surface area contributed by atoms with E-state index in [0.29, 0.717) is 0 Å². The Bertz CT molecular complexity index is 341. The quantitative estimate of drug-likeness (QED) is 0.0949. The lowest BCUT2D eigenvalue weighted by Gasteiger charge is -2.05. The summed E-state index contributed by atoms with van der Waals surface area (Å²) in [6.45, 7) is 6.58. The maximum Gasteiger partial charge on any atom is 0.466 e. The van der Waals surface area contributed by atoms with Gasteiger partial charge >= 0.3 is 7.82 Å². The van der Waals surface area contributed by atoms with E-state index in [1.165, 1.54) is 141 Å². The average molecular weight is 481 g/mol. The lowest BCUT2D eigenvalue weighted by molar-refractivity contribution is 0.125. The third-order valence-corrected chi connectivity index (χ3v) is 5.78. The van der Waals surface area contributed by atoms with Crippen LogP contribution in [0.1, 0.15) is 155 Å². The Labute approximate surface area is 200 Å². The second-order valence-electron chi connectivity index (χ2n) is 9.20. The van der Waals surface area contributed by atoms with E-state index in [-0.39, 0.29) is 0 Å². The maximum absolute atomic E-state index is 8.88. The second-order valence-corrected chi connectivity index (χ2v) is 10.2. The number of hydrogen-bond donors (Lipinski definition) is 3. The van der Waals surface area contributed by atoms with Crippen molar-refractivity contribution in [1.29, 1.82) is 0 Å². The van der Waals surface area contributed by atoms with Gasteiger partial charge in [0, 0.05) is 13.2 Å². The van der Waals surface area contributed by atoms with Crippen molar-refractivity contribution in [2.45, 2.75) is 155 Å². The molecule has 0 unspecified atom stereocenters. The SMILES string of the molecule is CCCCCCCCCCCCCOCCCCCCCCCCCCC.O=P(O)(O)O. The van der Waals surface area contributed by atoms with E-state index < -0.39 is 7.82 Å². The van der Waals surface area contributed by atoms with E-state index >= 15 is 0 Å². The van der Waals surface area contributed by atoms with E-state index in [0.717, 1.165) is 13.2 Å². The molecule has 0 fully saturated rings. The highest BCUT2D eigenvalue weighted by molar-refractivity contribution is 7.45. The molecule has 0 aromatic rings. The minimum Gasteiger partial charge on any atom is -0.381 e. The summed E-state index contributed by atoms with van der Waals surface area (Å²) in [6.07, 6.45) is 31.1. The Morgan fingerprint density at radius 1 is 0.438 bits per heavy atom. The van der Waals surface area contributed by atoms with E-state index in [1.54, 1.807) is 0 Å². The Kier molecular flexibility index (Phi) is 31.1. The molecule has 0 bridgehead atoms. The third kappa shape index (κ3) is 43.9. The van der Waals surface area contributed by atoms with Crippen LogP contribution in [0.2, 0.25) is 0 Å². The number of rotatable bonds is 24. The van der Waals surface area contributed by atoms with Crippen molar-refractivity contribution in [3.63, 3.8) is 0 Å². The largest absolute Gasteiger partial charge is 0.466 e. The topological polar surface area (TPSA) is 87.0 Å². The Morgan fingerprint density at radius 3 is 0.844 bits per heavy atom. The highest BCUT2D eigenvalue weighted by atomic mass is 31.2. The summed E-state index contributed by atoms with van der Waals surface area (Å²) in [5.74, 6) is 0. The van der Waals surface area contributed by atoms with Crippen LogP contribution in [-0.2, 0) is 9.30 Å². The predicted octanol–water partition coefficient (Wildman–Crippen LogP) is 8.70. The zero-order valence-electron chi connectivity index (χ0n) is 21.6. The van der Waals surface area contributed by atoms with E-state index in [1.807, 2.05) is 0 Å². The molecule has 0 aliphatic rings. The van der Waals surface area contributed by atoms with Crippen molar-refractivity contribution in [3.05, 3.63) is 0 Å². The zero-order chi connectivity index (χ0) is 24.2. The van der Waals surface area contributed by atoms with E-state index in [9.17, 15) is 0 Å².